The van der Waals surface area contributed by atoms with Gasteiger partial charge in [0.05, 0.1) is 20.3 Å². The van der Waals surface area contributed by atoms with Gasteiger partial charge < -0.3 is 19.6 Å². The molecule has 5 nitrogen and oxygen atoms in total. The number of nitrogens with zero attached hydrogens (tertiary/aromatic N) is 1. The zero-order valence-electron chi connectivity index (χ0n) is 36.4. The molecule has 1 atom stereocenters. The molecule has 0 N–H and O–H groups in total. The number of hydrogen-bond acceptors (Lipinski definition) is 4. The Labute approximate surface area is 342 Å². The van der Waals surface area contributed by atoms with Gasteiger partial charge in [0.2, 0.25) is 0 Å². The smallest absolute Gasteiger partial charge is 0.647 e. The predicted octanol–water partition coefficient (Wildman–Crippen LogP) is 13.1. The van der Waals surface area contributed by atoms with Crippen LogP contribution >= 0.6 is 22.6 Å². The summed E-state index contributed by atoms with van der Waals surface area (Å²) in [6.07, 6.45) is 3.74. The fraction of sp³-hybridized carbons (Fsp3) is 0.818. The van der Waals surface area contributed by atoms with E-state index < -0.39 is 25.6 Å². The van der Waals surface area contributed by atoms with Crippen molar-refractivity contribution in [3.63, 3.8) is 0 Å². The molecule has 1 rings (SSSR count). The predicted molar refractivity (Wildman–Crippen MR) is 222 cm³/mol. The number of rotatable bonds is 18. The Balaban J connectivity index is 0.0000250. The Morgan fingerprint density at radius 1 is 0.647 bits per heavy atom. The minimum atomic E-state index is -0.679. The molecule has 7 heteroatoms. The van der Waals surface area contributed by atoms with Crippen molar-refractivity contribution in [2.45, 2.75) is 196 Å². The molecular weight excluding hydrogens is 834 g/mol. The summed E-state index contributed by atoms with van der Waals surface area (Å²) in [5.74, 6) is -0.199. The summed E-state index contributed by atoms with van der Waals surface area (Å²) >= 11 is 2.31. The summed E-state index contributed by atoms with van der Waals surface area (Å²) in [7, 11) is 0. The van der Waals surface area contributed by atoms with Crippen LogP contribution in [0.5, 0.6) is 0 Å². The van der Waals surface area contributed by atoms with Gasteiger partial charge >= 0.3 is 25.4 Å². The molecule has 1 aromatic carbocycles. The van der Waals surface area contributed by atoms with E-state index in [9.17, 15) is 9.59 Å². The van der Waals surface area contributed by atoms with E-state index in [0.717, 1.165) is 25.7 Å². The molecule has 297 valence electrons. The average molecular weight is 912 g/mol. The quantitative estimate of drug-likeness (QED) is 0.0637. The molecule has 0 aliphatic carbocycles. The largest absolute Gasteiger partial charge is 1.00 e. The van der Waals surface area contributed by atoms with E-state index in [1.54, 1.807) is 0 Å². The van der Waals surface area contributed by atoms with Gasteiger partial charge in [0, 0.05) is 6.61 Å². The summed E-state index contributed by atoms with van der Waals surface area (Å²) in [4.78, 5) is 27.1. The van der Waals surface area contributed by atoms with E-state index in [1.165, 1.54) is 5.56 Å². The van der Waals surface area contributed by atoms with Gasteiger partial charge in [-0.15, -0.1) is 5.54 Å². The van der Waals surface area contributed by atoms with E-state index in [2.05, 4.69) is 151 Å². The molecule has 0 aromatic heterocycles. The number of halogens is 1. The van der Waals surface area contributed by atoms with E-state index in [-0.39, 0.29) is 58.4 Å². The van der Waals surface area contributed by atoms with E-state index in [0.29, 0.717) is 13.0 Å². The second-order valence-electron chi connectivity index (χ2n) is 21.7. The van der Waals surface area contributed by atoms with Gasteiger partial charge in [-0.2, -0.15) is 0 Å². The maximum atomic E-state index is 13.8. The van der Waals surface area contributed by atoms with Crippen LogP contribution in [0.25, 0.3) is 5.32 Å². The second-order valence-corrected chi connectivity index (χ2v) is 24.1. The van der Waals surface area contributed by atoms with Gasteiger partial charge in [-0.05, 0) is 107 Å². The van der Waals surface area contributed by atoms with Crippen molar-refractivity contribution in [3.8, 4) is 0 Å². The van der Waals surface area contributed by atoms with Crippen LogP contribution in [-0.4, -0.2) is 38.6 Å². The van der Waals surface area contributed by atoms with Crippen LogP contribution in [-0.2, 0) is 44.0 Å². The molecule has 0 saturated carbocycles. The third-order valence-corrected chi connectivity index (χ3v) is 12.3. The standard InChI is InChI=1S/C44H78INO4.Ru/c1-35(2,3)28-37(6,7)34(48)50-42(16,17)30-39(10,11)38(8,9)26-27-49-43(18,19)40(12,13)31-44(20,45)33(47)46-41(14,15)29-36(4,5)32-24-22-21-23-25-32;/h21-25H,26-31H2,1-20H3,(H,46,47);/q;+1/p-1. The molecule has 0 saturated heterocycles. The third-order valence-electron chi connectivity index (χ3n) is 11.5. The fourth-order valence-electron chi connectivity index (χ4n) is 7.84. The number of carbonyl (C=O) groups is 2. The number of benzene rings is 1. The molecule has 0 aliphatic rings. The SMILES string of the molecule is CC(C)(C)CC(C)(C)C(=O)OC(C)(C)CC(C)(C)C(C)(C)CCOC(C)(C)C(C)(C)CC(C)(I)C(=O)[N-]C(C)(C)CC(C)(C)c1ccccc1.[Ru+]. The molecule has 1 aromatic rings. The Bertz CT molecular complexity index is 1280. The van der Waals surface area contributed by atoms with Crippen LogP contribution in [0.15, 0.2) is 30.3 Å². The average Bonchev–Trinajstić information content (AvgIpc) is 2.84. The van der Waals surface area contributed by atoms with Crippen molar-refractivity contribution in [2.75, 3.05) is 6.61 Å². The first-order valence-corrected chi connectivity index (χ1v) is 19.9. The molecule has 51 heavy (non-hydrogen) atoms. The Hall–Kier alpha value is -0.527. The normalized spacial score (nSPS) is 15.5. The molecule has 1 amide bonds. The van der Waals surface area contributed by atoms with Gasteiger partial charge in [-0.25, -0.2) is 0 Å². The Morgan fingerprint density at radius 3 is 1.61 bits per heavy atom. The van der Waals surface area contributed by atoms with Gasteiger partial charge in [-0.3, -0.25) is 4.79 Å². The number of amides is 1. The maximum Gasteiger partial charge on any atom is 1.00 e. The fourth-order valence-corrected chi connectivity index (χ4v) is 8.92. The summed E-state index contributed by atoms with van der Waals surface area (Å²) in [6, 6.07) is 10.5. The van der Waals surface area contributed by atoms with Crippen molar-refractivity contribution < 1.29 is 38.5 Å². The van der Waals surface area contributed by atoms with Gasteiger partial charge in [0.1, 0.15) is 5.60 Å². The molecule has 1 unspecified atom stereocenters. The number of esters is 1. The van der Waals surface area contributed by atoms with Crippen molar-refractivity contribution in [3.05, 3.63) is 41.2 Å². The third kappa shape index (κ3) is 15.3. The minimum absolute atomic E-state index is 0. The zero-order valence-corrected chi connectivity index (χ0v) is 40.3. The summed E-state index contributed by atoms with van der Waals surface area (Å²) in [5, 5.41) is 4.84. The van der Waals surface area contributed by atoms with Crippen molar-refractivity contribution in [1.82, 2.24) is 0 Å². The summed E-state index contributed by atoms with van der Waals surface area (Å²) in [5.41, 5.74) is -1.52. The molecule has 0 bridgehead atoms. The second kappa shape index (κ2) is 17.1. The zero-order chi connectivity index (χ0) is 39.6. The first-order chi connectivity index (χ1) is 21.9. The monoisotopic (exact) mass is 912 g/mol. The first kappa shape index (κ1) is 50.5. The van der Waals surface area contributed by atoms with E-state index in [4.69, 9.17) is 14.8 Å². The number of ether oxygens (including phenoxy) is 2. The first-order valence-electron chi connectivity index (χ1n) is 18.8. The van der Waals surface area contributed by atoms with Gasteiger partial charge in [-0.1, -0.05) is 149 Å². The molecule has 1 radical (unpaired) electrons. The van der Waals surface area contributed by atoms with Crippen LogP contribution < -0.4 is 0 Å². The van der Waals surface area contributed by atoms with Gasteiger partial charge in [0.15, 0.2) is 0 Å². The van der Waals surface area contributed by atoms with Crippen molar-refractivity contribution in [2.24, 2.45) is 27.1 Å². The van der Waals surface area contributed by atoms with E-state index >= 15 is 0 Å². The number of alkyl halides is 1. The Morgan fingerprint density at radius 2 is 1.14 bits per heavy atom. The van der Waals surface area contributed by atoms with Gasteiger partial charge in [0.25, 0.3) is 0 Å². The van der Waals surface area contributed by atoms with Crippen LogP contribution in [0.3, 0.4) is 0 Å². The minimum Gasteiger partial charge on any atom is -0.647 e. The molecule has 0 aliphatic heterocycles. The topological polar surface area (TPSA) is 66.7 Å². The summed E-state index contributed by atoms with van der Waals surface area (Å²) < 4.78 is 12.3. The van der Waals surface area contributed by atoms with Crippen molar-refractivity contribution >= 4 is 34.5 Å². The van der Waals surface area contributed by atoms with Crippen molar-refractivity contribution in [1.29, 1.82) is 0 Å². The van der Waals surface area contributed by atoms with E-state index in [1.807, 2.05) is 40.7 Å². The molecule has 0 heterocycles. The summed E-state index contributed by atoms with van der Waals surface area (Å²) in [6.45, 7) is 43.6. The van der Waals surface area contributed by atoms with Crippen LogP contribution in [0.1, 0.15) is 176 Å². The molecule has 0 spiro atoms. The van der Waals surface area contributed by atoms with Crippen LogP contribution in [0.4, 0.5) is 0 Å². The Kier molecular flexibility index (Phi) is 16.9. The molecular formula is C44H77INO4Ru. The number of hydrogen-bond donors (Lipinski definition) is 0. The molecule has 0 fully saturated rings. The van der Waals surface area contributed by atoms with Crippen LogP contribution in [0.2, 0.25) is 0 Å². The number of carbonyl (C=O) groups excluding carboxylic acids is 2. The maximum absolute atomic E-state index is 13.8. The van der Waals surface area contributed by atoms with Crippen LogP contribution in [0, 0.1) is 27.1 Å².